The van der Waals surface area contributed by atoms with E-state index in [2.05, 4.69) is 5.32 Å². The molecule has 1 fully saturated rings. The molecule has 5 nitrogen and oxygen atoms in total. The predicted molar refractivity (Wildman–Crippen MR) is 54.3 cm³/mol. The minimum absolute atomic E-state index is 0.0438. The Bertz CT molecular complexity index is 211. The number of rotatable bonds is 4. The summed E-state index contributed by atoms with van der Waals surface area (Å²) in [6, 6.07) is 0. The van der Waals surface area contributed by atoms with Crippen LogP contribution in [0.2, 0.25) is 0 Å². The quantitative estimate of drug-likeness (QED) is 0.588. The molecular weight excluding hydrogens is 198 g/mol. The van der Waals surface area contributed by atoms with Crippen LogP contribution >= 0.6 is 0 Å². The zero-order valence-corrected chi connectivity index (χ0v) is 9.03. The van der Waals surface area contributed by atoms with Crippen molar-refractivity contribution in [2.24, 2.45) is 0 Å². The third kappa shape index (κ3) is 4.15. The van der Waals surface area contributed by atoms with E-state index in [4.69, 9.17) is 9.84 Å². The van der Waals surface area contributed by atoms with Crippen molar-refractivity contribution in [2.45, 2.75) is 37.9 Å². The summed E-state index contributed by atoms with van der Waals surface area (Å²) in [5.41, 5.74) is -1.26. The first kappa shape index (κ1) is 12.4. The van der Waals surface area contributed by atoms with E-state index in [9.17, 15) is 9.90 Å². The van der Waals surface area contributed by atoms with Crippen molar-refractivity contribution in [1.82, 2.24) is 5.32 Å². The minimum Gasteiger partial charge on any atom is -0.393 e. The van der Waals surface area contributed by atoms with Gasteiger partial charge in [-0.2, -0.15) is 0 Å². The summed E-state index contributed by atoms with van der Waals surface area (Å²) in [6.45, 7) is 1.75. The number of aliphatic hydroxyl groups excluding tert-OH is 1. The lowest BCUT2D eigenvalue weighted by Gasteiger charge is -2.25. The monoisotopic (exact) mass is 217 g/mol. The lowest BCUT2D eigenvalue weighted by Crippen LogP contribution is -2.47. The van der Waals surface area contributed by atoms with Crippen LogP contribution in [0.3, 0.4) is 0 Å². The van der Waals surface area contributed by atoms with Crippen LogP contribution in [0.25, 0.3) is 0 Å². The lowest BCUT2D eigenvalue weighted by molar-refractivity contribution is -0.136. The lowest BCUT2D eigenvalue weighted by atomic mass is 10.1. The molecule has 0 saturated carbocycles. The van der Waals surface area contributed by atoms with Gasteiger partial charge in [0.1, 0.15) is 11.7 Å². The molecule has 15 heavy (non-hydrogen) atoms. The molecule has 5 heteroatoms. The van der Waals surface area contributed by atoms with Crippen molar-refractivity contribution >= 4 is 5.91 Å². The molecule has 0 radical (unpaired) electrons. The van der Waals surface area contributed by atoms with Gasteiger partial charge >= 0.3 is 0 Å². The van der Waals surface area contributed by atoms with Gasteiger partial charge in [-0.3, -0.25) is 4.79 Å². The highest BCUT2D eigenvalue weighted by molar-refractivity contribution is 5.80. The fourth-order valence-corrected chi connectivity index (χ4v) is 1.39. The number of nitrogens with one attached hydrogen (secondary N) is 1. The van der Waals surface area contributed by atoms with E-state index in [1.165, 1.54) is 6.92 Å². The maximum atomic E-state index is 11.5. The average molecular weight is 217 g/mol. The van der Waals surface area contributed by atoms with Gasteiger partial charge in [-0.05, 0) is 26.2 Å². The van der Waals surface area contributed by atoms with E-state index in [0.717, 1.165) is 19.3 Å². The smallest absolute Gasteiger partial charge is 0.249 e. The molecule has 1 aliphatic rings. The largest absolute Gasteiger partial charge is 0.393 e. The number of ether oxygens (including phenoxy) is 1. The zero-order chi connectivity index (χ0) is 11.3. The van der Waals surface area contributed by atoms with Crippen LogP contribution in [-0.2, 0) is 9.53 Å². The van der Waals surface area contributed by atoms with Crippen LogP contribution in [0.1, 0.15) is 26.2 Å². The molecular formula is C10H19NO4. The van der Waals surface area contributed by atoms with Crippen LogP contribution in [0.5, 0.6) is 0 Å². The number of amides is 1. The SMILES string of the molecule is CC(O)(CO)CNC(=O)C1CCCCO1. The zero-order valence-electron chi connectivity index (χ0n) is 9.03. The van der Waals surface area contributed by atoms with Crippen molar-refractivity contribution < 1.29 is 19.7 Å². The van der Waals surface area contributed by atoms with Gasteiger partial charge in [-0.25, -0.2) is 0 Å². The van der Waals surface area contributed by atoms with E-state index in [1.807, 2.05) is 0 Å². The molecule has 1 rings (SSSR count). The van der Waals surface area contributed by atoms with Gasteiger partial charge in [-0.15, -0.1) is 0 Å². The normalized spacial score (nSPS) is 25.7. The molecule has 0 aromatic rings. The average Bonchev–Trinajstić information content (AvgIpc) is 2.27. The molecule has 2 unspecified atom stereocenters. The molecule has 0 aromatic heterocycles. The van der Waals surface area contributed by atoms with Crippen molar-refractivity contribution in [2.75, 3.05) is 19.8 Å². The first-order chi connectivity index (χ1) is 7.05. The van der Waals surface area contributed by atoms with Crippen LogP contribution in [0.15, 0.2) is 0 Å². The molecule has 0 bridgehead atoms. The molecule has 3 N–H and O–H groups in total. The highest BCUT2D eigenvalue weighted by Crippen LogP contribution is 2.12. The van der Waals surface area contributed by atoms with Gasteiger partial charge in [0, 0.05) is 13.2 Å². The van der Waals surface area contributed by atoms with E-state index >= 15 is 0 Å². The molecule has 1 aliphatic heterocycles. The second-order valence-corrected chi connectivity index (χ2v) is 4.23. The third-order valence-electron chi connectivity index (χ3n) is 2.46. The Labute approximate surface area is 89.4 Å². The van der Waals surface area contributed by atoms with Crippen molar-refractivity contribution in [1.29, 1.82) is 0 Å². The Kier molecular flexibility index (Phi) is 4.50. The van der Waals surface area contributed by atoms with Crippen LogP contribution in [-0.4, -0.2) is 47.6 Å². The van der Waals surface area contributed by atoms with Crippen LogP contribution in [0, 0.1) is 0 Å². The summed E-state index contributed by atoms with van der Waals surface area (Å²) in [5, 5.41) is 20.8. The Hall–Kier alpha value is -0.650. The van der Waals surface area contributed by atoms with Gasteiger partial charge in [-0.1, -0.05) is 0 Å². The number of carbonyl (C=O) groups excluding carboxylic acids is 1. The fourth-order valence-electron chi connectivity index (χ4n) is 1.39. The number of aliphatic hydroxyl groups is 2. The summed E-state index contributed by atoms with van der Waals surface area (Å²) < 4.78 is 5.28. The summed E-state index contributed by atoms with van der Waals surface area (Å²) in [6.07, 6.45) is 2.33. The number of hydrogen-bond acceptors (Lipinski definition) is 4. The minimum atomic E-state index is -1.26. The summed E-state index contributed by atoms with van der Waals surface area (Å²) in [4.78, 5) is 11.5. The van der Waals surface area contributed by atoms with Gasteiger partial charge in [0.2, 0.25) is 5.91 Å². The topological polar surface area (TPSA) is 78.8 Å². The molecule has 1 heterocycles. The van der Waals surface area contributed by atoms with Crippen LogP contribution < -0.4 is 5.32 Å². The molecule has 0 aromatic carbocycles. The van der Waals surface area contributed by atoms with Crippen molar-refractivity contribution in [3.05, 3.63) is 0 Å². The van der Waals surface area contributed by atoms with E-state index < -0.39 is 11.7 Å². The third-order valence-corrected chi connectivity index (χ3v) is 2.46. The Morgan fingerprint density at radius 1 is 1.60 bits per heavy atom. The van der Waals surface area contributed by atoms with Gasteiger partial charge < -0.3 is 20.3 Å². The molecule has 2 atom stereocenters. The summed E-state index contributed by atoms with van der Waals surface area (Å²) >= 11 is 0. The van der Waals surface area contributed by atoms with E-state index in [-0.39, 0.29) is 19.1 Å². The van der Waals surface area contributed by atoms with Gasteiger partial charge in [0.15, 0.2) is 0 Å². The molecule has 0 spiro atoms. The standard InChI is InChI=1S/C10H19NO4/c1-10(14,7-12)6-11-9(13)8-4-2-3-5-15-8/h8,12,14H,2-7H2,1H3,(H,11,13). The molecule has 1 amide bonds. The second-order valence-electron chi connectivity index (χ2n) is 4.23. The number of hydrogen-bond donors (Lipinski definition) is 3. The predicted octanol–water partition coefficient (Wildman–Crippen LogP) is -0.585. The van der Waals surface area contributed by atoms with Gasteiger partial charge in [0.05, 0.1) is 6.61 Å². The van der Waals surface area contributed by atoms with Crippen molar-refractivity contribution in [3.63, 3.8) is 0 Å². The highest BCUT2D eigenvalue weighted by atomic mass is 16.5. The first-order valence-corrected chi connectivity index (χ1v) is 5.28. The van der Waals surface area contributed by atoms with E-state index in [1.54, 1.807) is 0 Å². The Morgan fingerprint density at radius 3 is 2.87 bits per heavy atom. The molecule has 88 valence electrons. The van der Waals surface area contributed by atoms with Crippen molar-refractivity contribution in [3.8, 4) is 0 Å². The summed E-state index contributed by atoms with van der Waals surface area (Å²) in [7, 11) is 0. The van der Waals surface area contributed by atoms with Crippen LogP contribution in [0.4, 0.5) is 0 Å². The molecule has 0 aliphatic carbocycles. The second kappa shape index (κ2) is 5.44. The van der Waals surface area contributed by atoms with Gasteiger partial charge in [0.25, 0.3) is 0 Å². The highest BCUT2D eigenvalue weighted by Gasteiger charge is 2.25. The maximum Gasteiger partial charge on any atom is 0.249 e. The maximum absolute atomic E-state index is 11.5. The first-order valence-electron chi connectivity index (χ1n) is 5.28. The number of carbonyl (C=O) groups is 1. The Balaban J connectivity index is 2.28. The fraction of sp³-hybridized carbons (Fsp3) is 0.900. The van der Waals surface area contributed by atoms with E-state index in [0.29, 0.717) is 6.61 Å². The Morgan fingerprint density at radius 2 is 2.33 bits per heavy atom. The molecule has 1 saturated heterocycles. The summed E-state index contributed by atoms with van der Waals surface area (Å²) in [5.74, 6) is -0.205.